The Labute approximate surface area is 184 Å². The van der Waals surface area contributed by atoms with Gasteiger partial charge in [0.2, 0.25) is 5.91 Å². The van der Waals surface area contributed by atoms with Crippen LogP contribution in [0.4, 0.5) is 4.79 Å². The number of rotatable bonds is 10. The van der Waals surface area contributed by atoms with Crippen molar-refractivity contribution in [3.8, 4) is 0 Å². The molecule has 170 valence electrons. The van der Waals surface area contributed by atoms with Crippen molar-refractivity contribution in [1.82, 2.24) is 25.8 Å². The van der Waals surface area contributed by atoms with Crippen LogP contribution in [0.15, 0.2) is 35.3 Å². The van der Waals surface area contributed by atoms with Gasteiger partial charge in [-0.2, -0.15) is 0 Å². The van der Waals surface area contributed by atoms with Crippen LogP contribution in [-0.4, -0.2) is 86.7 Å². The lowest BCUT2D eigenvalue weighted by Crippen LogP contribution is -2.43. The topological polar surface area (TPSA) is 98.3 Å². The number of piperidine rings is 1. The Hall–Kier alpha value is -2.65. The highest BCUT2D eigenvalue weighted by Crippen LogP contribution is 2.16. The number of urea groups is 1. The standard InChI is InChI=1S/C22H34N6O3/c1-23-21(25-11-14-28-20(29)16-26-22(28)30)24-10-5-15-31-19-8-12-27(13-9-19)17-18-6-3-2-4-7-18/h2-4,6-7,19H,5,8-17H2,1H3,(H,26,30)(H2,23,24,25). The second-order valence-electron chi connectivity index (χ2n) is 7.82. The molecule has 2 heterocycles. The summed E-state index contributed by atoms with van der Waals surface area (Å²) in [5.74, 6) is 0.457. The van der Waals surface area contributed by atoms with E-state index in [9.17, 15) is 9.59 Å². The van der Waals surface area contributed by atoms with Crippen LogP contribution in [0.1, 0.15) is 24.8 Å². The number of carbonyl (C=O) groups is 2. The van der Waals surface area contributed by atoms with Gasteiger partial charge in [0.05, 0.1) is 12.6 Å². The number of nitrogens with one attached hydrogen (secondary N) is 3. The van der Waals surface area contributed by atoms with Crippen molar-refractivity contribution in [1.29, 1.82) is 0 Å². The average molecular weight is 431 g/mol. The second-order valence-corrected chi connectivity index (χ2v) is 7.82. The van der Waals surface area contributed by atoms with Crippen LogP contribution in [0.25, 0.3) is 0 Å². The summed E-state index contributed by atoms with van der Waals surface area (Å²) in [6.45, 7) is 5.48. The number of nitrogens with zero attached hydrogens (tertiary/aromatic N) is 3. The lowest BCUT2D eigenvalue weighted by atomic mass is 10.1. The van der Waals surface area contributed by atoms with Crippen LogP contribution >= 0.6 is 0 Å². The highest BCUT2D eigenvalue weighted by Gasteiger charge is 2.27. The predicted molar refractivity (Wildman–Crippen MR) is 120 cm³/mol. The Morgan fingerprint density at radius 2 is 1.90 bits per heavy atom. The molecule has 3 rings (SSSR count). The van der Waals surface area contributed by atoms with Crippen LogP contribution in [0.3, 0.4) is 0 Å². The number of guanidine groups is 1. The van der Waals surface area contributed by atoms with Gasteiger partial charge in [-0.3, -0.25) is 19.6 Å². The molecule has 0 bridgehead atoms. The van der Waals surface area contributed by atoms with E-state index >= 15 is 0 Å². The summed E-state index contributed by atoms with van der Waals surface area (Å²) < 4.78 is 6.05. The Morgan fingerprint density at radius 1 is 1.16 bits per heavy atom. The van der Waals surface area contributed by atoms with Gasteiger partial charge in [-0.25, -0.2) is 4.79 Å². The third kappa shape index (κ3) is 7.52. The van der Waals surface area contributed by atoms with Gasteiger partial charge in [-0.1, -0.05) is 30.3 Å². The Balaban J connectivity index is 1.21. The van der Waals surface area contributed by atoms with Crippen molar-refractivity contribution >= 4 is 17.9 Å². The van der Waals surface area contributed by atoms with E-state index in [1.165, 1.54) is 10.5 Å². The molecule has 2 fully saturated rings. The van der Waals surface area contributed by atoms with E-state index < -0.39 is 0 Å². The number of amides is 3. The maximum absolute atomic E-state index is 11.6. The maximum Gasteiger partial charge on any atom is 0.324 e. The third-order valence-electron chi connectivity index (χ3n) is 5.54. The first-order valence-electron chi connectivity index (χ1n) is 11.1. The number of ether oxygens (including phenoxy) is 1. The molecule has 1 aromatic rings. The van der Waals surface area contributed by atoms with Gasteiger partial charge in [0.15, 0.2) is 5.96 Å². The van der Waals surface area contributed by atoms with Gasteiger partial charge in [-0.15, -0.1) is 0 Å². The van der Waals surface area contributed by atoms with E-state index in [-0.39, 0.29) is 18.5 Å². The van der Waals surface area contributed by atoms with E-state index in [4.69, 9.17) is 4.74 Å². The van der Waals surface area contributed by atoms with Gasteiger partial charge in [0.1, 0.15) is 0 Å². The first-order valence-corrected chi connectivity index (χ1v) is 11.1. The SMILES string of the molecule is CN=C(NCCCOC1CCN(Cc2ccccc2)CC1)NCCN1C(=O)CNC1=O. The Bertz CT molecular complexity index is 718. The number of likely N-dealkylation sites (tertiary alicyclic amines) is 1. The molecule has 9 heteroatoms. The molecule has 31 heavy (non-hydrogen) atoms. The molecule has 2 saturated heterocycles. The number of benzene rings is 1. The minimum absolute atomic E-state index is 0.0812. The lowest BCUT2D eigenvalue weighted by molar-refractivity contribution is -0.124. The molecule has 0 unspecified atom stereocenters. The molecule has 3 amide bonds. The van der Waals surface area contributed by atoms with Crippen molar-refractivity contribution in [2.75, 3.05) is 52.9 Å². The zero-order valence-electron chi connectivity index (χ0n) is 18.3. The molecule has 0 aromatic heterocycles. The van der Waals surface area contributed by atoms with Crippen LogP contribution < -0.4 is 16.0 Å². The van der Waals surface area contributed by atoms with Gasteiger partial charge in [0.25, 0.3) is 0 Å². The van der Waals surface area contributed by atoms with Gasteiger partial charge in [0, 0.05) is 52.9 Å². The smallest absolute Gasteiger partial charge is 0.324 e. The molecule has 1 aromatic carbocycles. The monoisotopic (exact) mass is 430 g/mol. The zero-order chi connectivity index (χ0) is 21.9. The molecule has 0 spiro atoms. The largest absolute Gasteiger partial charge is 0.378 e. The molecular weight excluding hydrogens is 396 g/mol. The van der Waals surface area contributed by atoms with Crippen molar-refractivity contribution in [2.24, 2.45) is 4.99 Å². The molecule has 0 saturated carbocycles. The molecule has 0 aliphatic carbocycles. The second kappa shape index (κ2) is 12.3. The Kier molecular flexibility index (Phi) is 9.11. The summed E-state index contributed by atoms with van der Waals surface area (Å²) in [5.41, 5.74) is 1.37. The fourth-order valence-electron chi connectivity index (χ4n) is 3.79. The van der Waals surface area contributed by atoms with E-state index in [1.54, 1.807) is 7.05 Å². The number of hydrogen-bond acceptors (Lipinski definition) is 5. The minimum Gasteiger partial charge on any atom is -0.378 e. The van der Waals surface area contributed by atoms with Gasteiger partial charge < -0.3 is 20.7 Å². The number of carbonyl (C=O) groups excluding carboxylic acids is 2. The highest BCUT2D eigenvalue weighted by molar-refractivity contribution is 6.01. The fourth-order valence-corrected chi connectivity index (χ4v) is 3.79. The third-order valence-corrected chi connectivity index (χ3v) is 5.54. The van der Waals surface area contributed by atoms with E-state index in [2.05, 4.69) is 56.2 Å². The van der Waals surface area contributed by atoms with Crippen molar-refractivity contribution < 1.29 is 14.3 Å². The molecule has 9 nitrogen and oxygen atoms in total. The lowest BCUT2D eigenvalue weighted by Gasteiger charge is -2.32. The first-order chi connectivity index (χ1) is 15.2. The summed E-state index contributed by atoms with van der Waals surface area (Å²) in [5, 5.41) is 8.86. The quantitative estimate of drug-likeness (QED) is 0.220. The summed E-state index contributed by atoms with van der Waals surface area (Å²) >= 11 is 0. The van der Waals surface area contributed by atoms with Gasteiger partial charge in [-0.05, 0) is 24.8 Å². The highest BCUT2D eigenvalue weighted by atomic mass is 16.5. The number of hydrogen-bond donors (Lipinski definition) is 3. The molecule has 2 aliphatic rings. The van der Waals surface area contributed by atoms with Crippen LogP contribution in [-0.2, 0) is 16.1 Å². The normalized spacial score (nSPS) is 18.4. The first kappa shape index (κ1) is 23.0. The van der Waals surface area contributed by atoms with Crippen LogP contribution in [0.2, 0.25) is 0 Å². The maximum atomic E-state index is 11.6. The van der Waals surface area contributed by atoms with Gasteiger partial charge >= 0.3 is 6.03 Å². The summed E-state index contributed by atoms with van der Waals surface area (Å²) in [4.78, 5) is 30.9. The summed E-state index contributed by atoms with van der Waals surface area (Å²) in [7, 11) is 1.70. The van der Waals surface area contributed by atoms with E-state index in [0.717, 1.165) is 52.0 Å². The van der Waals surface area contributed by atoms with E-state index in [0.29, 0.717) is 25.2 Å². The fraction of sp³-hybridized carbons (Fsp3) is 0.591. The zero-order valence-corrected chi connectivity index (χ0v) is 18.3. The average Bonchev–Trinajstić information content (AvgIpc) is 3.11. The van der Waals surface area contributed by atoms with Crippen molar-refractivity contribution in [2.45, 2.75) is 31.9 Å². The van der Waals surface area contributed by atoms with Crippen LogP contribution in [0, 0.1) is 0 Å². The predicted octanol–water partition coefficient (Wildman–Crippen LogP) is 0.775. The van der Waals surface area contributed by atoms with E-state index in [1.807, 2.05) is 0 Å². The minimum atomic E-state index is -0.335. The molecular formula is C22H34N6O3. The Morgan fingerprint density at radius 3 is 2.58 bits per heavy atom. The summed E-state index contributed by atoms with van der Waals surface area (Å²) in [6.07, 6.45) is 3.38. The number of aliphatic imine (C=N–C) groups is 1. The van der Waals surface area contributed by atoms with Crippen molar-refractivity contribution in [3.63, 3.8) is 0 Å². The summed E-state index contributed by atoms with van der Waals surface area (Å²) in [6, 6.07) is 10.3. The molecule has 0 radical (unpaired) electrons. The number of imide groups is 1. The van der Waals surface area contributed by atoms with Crippen LogP contribution in [0.5, 0.6) is 0 Å². The molecule has 3 N–H and O–H groups in total. The molecule has 0 atom stereocenters. The molecule has 2 aliphatic heterocycles. The van der Waals surface area contributed by atoms with Crippen molar-refractivity contribution in [3.05, 3.63) is 35.9 Å².